The van der Waals surface area contributed by atoms with Gasteiger partial charge in [0.2, 0.25) is 0 Å². The van der Waals surface area contributed by atoms with Crippen molar-refractivity contribution in [3.63, 3.8) is 0 Å². The highest BCUT2D eigenvalue weighted by Gasteiger charge is 2.37. The fourth-order valence-corrected chi connectivity index (χ4v) is 6.52. The summed E-state index contributed by atoms with van der Waals surface area (Å²) >= 11 is 1.31. The standard InChI is InChI=1S/C26H34F4NO4PS/c27-22-9-2-1-8-21(22)25(12-3-4-13-25)14-5-6-17-37-24-11-10-20(18-23(24)35-26(28,29)30)19-31-15-7-16-36(32,33)34/h1-2,8-11,18,31H,3-7,12-17,19H2,(H2,32,33,34). The average molecular weight is 564 g/mol. The highest BCUT2D eigenvalue weighted by atomic mass is 32.2. The van der Waals surface area contributed by atoms with E-state index in [1.54, 1.807) is 18.2 Å². The van der Waals surface area contributed by atoms with Crippen molar-refractivity contribution in [2.24, 2.45) is 0 Å². The Morgan fingerprint density at radius 2 is 1.78 bits per heavy atom. The number of benzene rings is 2. The van der Waals surface area contributed by atoms with Gasteiger partial charge in [-0.3, -0.25) is 4.57 Å². The number of ether oxygens (including phenoxy) is 1. The van der Waals surface area contributed by atoms with Gasteiger partial charge in [0.15, 0.2) is 0 Å². The van der Waals surface area contributed by atoms with Gasteiger partial charge in [0.1, 0.15) is 11.6 Å². The van der Waals surface area contributed by atoms with E-state index in [4.69, 9.17) is 9.79 Å². The van der Waals surface area contributed by atoms with E-state index in [1.165, 1.54) is 23.9 Å². The molecule has 37 heavy (non-hydrogen) atoms. The summed E-state index contributed by atoms with van der Waals surface area (Å²) in [5.74, 6) is 0.191. The minimum Gasteiger partial charge on any atom is -0.405 e. The fourth-order valence-electron chi connectivity index (χ4n) is 4.97. The molecule has 3 N–H and O–H groups in total. The van der Waals surface area contributed by atoms with E-state index in [9.17, 15) is 22.1 Å². The van der Waals surface area contributed by atoms with Gasteiger partial charge in [-0.1, -0.05) is 43.5 Å². The zero-order valence-electron chi connectivity index (χ0n) is 20.6. The molecule has 0 amide bonds. The van der Waals surface area contributed by atoms with E-state index in [0.29, 0.717) is 22.8 Å². The van der Waals surface area contributed by atoms with Gasteiger partial charge in [-0.25, -0.2) is 4.39 Å². The van der Waals surface area contributed by atoms with Crippen LogP contribution in [0.15, 0.2) is 47.4 Å². The predicted octanol–water partition coefficient (Wildman–Crippen LogP) is 7.16. The molecule has 0 radical (unpaired) electrons. The van der Waals surface area contributed by atoms with Crippen LogP contribution in [0.4, 0.5) is 17.6 Å². The molecule has 0 spiro atoms. The van der Waals surface area contributed by atoms with Crippen LogP contribution >= 0.6 is 19.4 Å². The third kappa shape index (κ3) is 9.91. The molecule has 11 heteroatoms. The lowest BCUT2D eigenvalue weighted by atomic mass is 9.75. The predicted molar refractivity (Wildman–Crippen MR) is 137 cm³/mol. The first-order chi connectivity index (χ1) is 17.5. The van der Waals surface area contributed by atoms with Crippen molar-refractivity contribution >= 4 is 19.4 Å². The fraction of sp³-hybridized carbons (Fsp3) is 0.538. The molecular weight excluding hydrogens is 529 g/mol. The highest BCUT2D eigenvalue weighted by molar-refractivity contribution is 7.99. The summed E-state index contributed by atoms with van der Waals surface area (Å²) in [5.41, 5.74) is 1.21. The third-order valence-corrected chi connectivity index (χ3v) is 8.72. The van der Waals surface area contributed by atoms with Gasteiger partial charge >= 0.3 is 14.0 Å². The summed E-state index contributed by atoms with van der Waals surface area (Å²) in [7, 11) is -4.06. The first kappa shape index (κ1) is 30.0. The molecule has 1 saturated carbocycles. The maximum absolute atomic E-state index is 14.5. The molecule has 0 heterocycles. The molecule has 2 aromatic rings. The number of hydrogen-bond acceptors (Lipinski definition) is 4. The summed E-state index contributed by atoms with van der Waals surface area (Å²) in [6.07, 6.45) is 1.74. The molecule has 2 aromatic carbocycles. The van der Waals surface area contributed by atoms with E-state index >= 15 is 0 Å². The molecular formula is C26H34F4NO4PS. The number of halogens is 4. The first-order valence-electron chi connectivity index (χ1n) is 12.5. The number of unbranched alkanes of at least 4 members (excludes halogenated alkanes) is 1. The van der Waals surface area contributed by atoms with E-state index in [0.717, 1.165) is 50.5 Å². The third-order valence-electron chi connectivity index (χ3n) is 6.68. The lowest BCUT2D eigenvalue weighted by molar-refractivity contribution is -0.275. The van der Waals surface area contributed by atoms with Crippen molar-refractivity contribution in [2.75, 3.05) is 18.5 Å². The zero-order chi connectivity index (χ0) is 26.9. The van der Waals surface area contributed by atoms with E-state index < -0.39 is 14.0 Å². The summed E-state index contributed by atoms with van der Waals surface area (Å²) in [6.45, 7) is 0.573. The number of hydrogen-bond donors (Lipinski definition) is 3. The quantitative estimate of drug-likeness (QED) is 0.0980. The van der Waals surface area contributed by atoms with Gasteiger partial charge in [0.05, 0.1) is 6.16 Å². The van der Waals surface area contributed by atoms with Gasteiger partial charge in [0, 0.05) is 11.4 Å². The van der Waals surface area contributed by atoms with E-state index in [-0.39, 0.29) is 36.1 Å². The molecule has 0 aromatic heterocycles. The molecule has 0 atom stereocenters. The highest BCUT2D eigenvalue weighted by Crippen LogP contribution is 2.46. The lowest BCUT2D eigenvalue weighted by Crippen LogP contribution is -2.23. The van der Waals surface area contributed by atoms with Crippen LogP contribution < -0.4 is 10.1 Å². The summed E-state index contributed by atoms with van der Waals surface area (Å²) < 4.78 is 68.7. The Morgan fingerprint density at radius 1 is 1.05 bits per heavy atom. The molecule has 3 rings (SSSR count). The molecule has 0 aliphatic heterocycles. The Labute approximate surface area is 219 Å². The van der Waals surface area contributed by atoms with Gasteiger partial charge in [-0.15, -0.1) is 24.9 Å². The molecule has 0 saturated heterocycles. The Bertz CT molecular complexity index is 1060. The molecule has 206 valence electrons. The second-order valence-corrected chi connectivity index (χ2v) is 12.4. The van der Waals surface area contributed by atoms with Gasteiger partial charge in [-0.05, 0) is 79.1 Å². The molecule has 0 bridgehead atoms. The normalized spacial score (nSPS) is 15.7. The van der Waals surface area contributed by atoms with Gasteiger partial charge in [0.25, 0.3) is 0 Å². The summed E-state index contributed by atoms with van der Waals surface area (Å²) in [4.78, 5) is 18.2. The number of thioether (sulfide) groups is 1. The Balaban J connectivity index is 1.53. The van der Waals surface area contributed by atoms with Gasteiger partial charge in [-0.2, -0.15) is 0 Å². The second-order valence-electron chi connectivity index (χ2n) is 9.52. The number of alkyl halides is 3. The van der Waals surface area contributed by atoms with Crippen molar-refractivity contribution in [3.8, 4) is 5.75 Å². The van der Waals surface area contributed by atoms with Crippen molar-refractivity contribution < 1.29 is 36.7 Å². The van der Waals surface area contributed by atoms with Crippen LogP contribution in [-0.2, 0) is 16.5 Å². The van der Waals surface area contributed by atoms with E-state index in [1.807, 2.05) is 12.1 Å². The van der Waals surface area contributed by atoms with Crippen LogP contribution in [0, 0.1) is 5.82 Å². The molecule has 5 nitrogen and oxygen atoms in total. The molecule has 1 aliphatic rings. The van der Waals surface area contributed by atoms with Crippen LogP contribution in [0.1, 0.15) is 62.5 Å². The minimum absolute atomic E-state index is 0.152. The average Bonchev–Trinajstić information content (AvgIpc) is 3.28. The summed E-state index contributed by atoms with van der Waals surface area (Å²) in [6, 6.07) is 11.6. The first-order valence-corrected chi connectivity index (χ1v) is 15.3. The molecule has 1 fully saturated rings. The summed E-state index contributed by atoms with van der Waals surface area (Å²) in [5, 5.41) is 2.98. The van der Waals surface area contributed by atoms with Crippen molar-refractivity contribution in [1.29, 1.82) is 0 Å². The van der Waals surface area contributed by atoms with Gasteiger partial charge < -0.3 is 19.8 Å². The minimum atomic E-state index is -4.82. The van der Waals surface area contributed by atoms with Crippen LogP contribution in [0.25, 0.3) is 0 Å². The van der Waals surface area contributed by atoms with Crippen LogP contribution in [0.3, 0.4) is 0 Å². The molecule has 1 aliphatic carbocycles. The SMILES string of the molecule is O=P(O)(O)CCCNCc1ccc(SCCCCC2(c3ccccc3F)CCCC2)c(OC(F)(F)F)c1. The maximum atomic E-state index is 14.5. The lowest BCUT2D eigenvalue weighted by Gasteiger charge is -2.30. The van der Waals surface area contributed by atoms with Crippen LogP contribution in [0.5, 0.6) is 5.75 Å². The maximum Gasteiger partial charge on any atom is 0.573 e. The van der Waals surface area contributed by atoms with Crippen molar-refractivity contribution in [1.82, 2.24) is 5.32 Å². The largest absolute Gasteiger partial charge is 0.573 e. The van der Waals surface area contributed by atoms with E-state index in [2.05, 4.69) is 10.1 Å². The Hall–Kier alpha value is -1.58. The van der Waals surface area contributed by atoms with Crippen molar-refractivity contribution in [3.05, 3.63) is 59.4 Å². The Kier molecular flexibility index (Phi) is 10.9. The number of rotatable bonds is 14. The molecule has 0 unspecified atom stereocenters. The smallest absolute Gasteiger partial charge is 0.405 e. The Morgan fingerprint density at radius 3 is 2.46 bits per heavy atom. The topological polar surface area (TPSA) is 78.8 Å². The van der Waals surface area contributed by atoms with Crippen molar-refractivity contribution in [2.45, 2.75) is 74.6 Å². The second kappa shape index (κ2) is 13.5. The number of nitrogens with one attached hydrogen (secondary N) is 1. The van der Waals surface area contributed by atoms with Crippen LogP contribution in [0.2, 0.25) is 0 Å². The zero-order valence-corrected chi connectivity index (χ0v) is 22.3. The monoisotopic (exact) mass is 563 g/mol. The van der Waals surface area contributed by atoms with Crippen LogP contribution in [-0.4, -0.2) is 34.6 Å².